The molecule has 26 heavy (non-hydrogen) atoms. The number of rotatable bonds is 7. The summed E-state index contributed by atoms with van der Waals surface area (Å²) in [5.74, 6) is 0.352. The summed E-state index contributed by atoms with van der Waals surface area (Å²) in [5.41, 5.74) is 7.21. The van der Waals surface area contributed by atoms with Gasteiger partial charge in [0, 0.05) is 12.1 Å². The molecular formula is C18H25N5O2S. The molecule has 0 aliphatic carbocycles. The number of benzene rings is 1. The standard InChI is InChI=1S/C18H25N5O2S/c1-5-9-23-15(13-8-6-7-12(4)10-13)21-22-18(23)26-14(11(2)3)16(24)20-17(19)25/h6-8,10-11,14H,5,9H2,1-4H3,(H3,19,20,24,25)/t14-/m0/s1. The third kappa shape index (κ3) is 4.85. The Morgan fingerprint density at radius 2 is 2.04 bits per heavy atom. The molecule has 140 valence electrons. The smallest absolute Gasteiger partial charge is 0.318 e. The second-order valence-corrected chi connectivity index (χ2v) is 7.57. The van der Waals surface area contributed by atoms with Crippen LogP contribution in [0.25, 0.3) is 11.4 Å². The molecule has 0 aliphatic heterocycles. The molecule has 0 bridgehead atoms. The minimum atomic E-state index is -0.850. The van der Waals surface area contributed by atoms with E-state index in [2.05, 4.69) is 28.5 Å². The molecule has 1 heterocycles. The number of aromatic nitrogens is 3. The summed E-state index contributed by atoms with van der Waals surface area (Å²) in [7, 11) is 0. The predicted molar refractivity (Wildman–Crippen MR) is 103 cm³/mol. The fourth-order valence-corrected chi connectivity index (χ4v) is 3.66. The molecule has 0 saturated carbocycles. The monoisotopic (exact) mass is 375 g/mol. The van der Waals surface area contributed by atoms with E-state index in [-0.39, 0.29) is 5.92 Å². The van der Waals surface area contributed by atoms with Crippen LogP contribution in [-0.4, -0.2) is 32.0 Å². The van der Waals surface area contributed by atoms with Crippen molar-refractivity contribution in [3.8, 4) is 11.4 Å². The second-order valence-electron chi connectivity index (χ2n) is 6.46. The van der Waals surface area contributed by atoms with Crippen molar-refractivity contribution in [3.05, 3.63) is 29.8 Å². The quantitative estimate of drug-likeness (QED) is 0.724. The minimum absolute atomic E-state index is 0.00598. The third-order valence-corrected chi connectivity index (χ3v) is 5.31. The number of primary amides is 1. The molecule has 0 radical (unpaired) electrons. The van der Waals surface area contributed by atoms with Gasteiger partial charge in [-0.25, -0.2) is 4.79 Å². The SMILES string of the molecule is CCCn1c(S[C@H](C(=O)NC(N)=O)C(C)C)nnc1-c1cccc(C)c1. The van der Waals surface area contributed by atoms with Gasteiger partial charge in [0.15, 0.2) is 11.0 Å². The van der Waals surface area contributed by atoms with E-state index in [0.717, 1.165) is 29.9 Å². The summed E-state index contributed by atoms with van der Waals surface area (Å²) in [4.78, 5) is 23.3. The number of aryl methyl sites for hydroxylation is 1. The van der Waals surface area contributed by atoms with Gasteiger partial charge in [-0.15, -0.1) is 10.2 Å². The zero-order chi connectivity index (χ0) is 19.3. The van der Waals surface area contributed by atoms with Gasteiger partial charge in [0.05, 0.1) is 5.25 Å². The summed E-state index contributed by atoms with van der Waals surface area (Å²) in [6.07, 6.45) is 0.907. The lowest BCUT2D eigenvalue weighted by molar-refractivity contribution is -0.120. The van der Waals surface area contributed by atoms with Crippen molar-refractivity contribution < 1.29 is 9.59 Å². The number of amides is 3. The molecular weight excluding hydrogens is 350 g/mol. The van der Waals surface area contributed by atoms with Crippen molar-refractivity contribution in [2.45, 2.75) is 51.1 Å². The summed E-state index contributed by atoms with van der Waals surface area (Å²) < 4.78 is 2.02. The van der Waals surface area contributed by atoms with E-state index < -0.39 is 17.2 Å². The molecule has 1 atom stereocenters. The van der Waals surface area contributed by atoms with Gasteiger partial charge in [-0.3, -0.25) is 10.1 Å². The molecule has 8 heteroatoms. The number of nitrogens with zero attached hydrogens (tertiary/aromatic N) is 3. The van der Waals surface area contributed by atoms with Gasteiger partial charge in [-0.1, -0.05) is 56.3 Å². The summed E-state index contributed by atoms with van der Waals surface area (Å²) in [5, 5.41) is 11.0. The molecule has 3 amide bonds. The van der Waals surface area contributed by atoms with Gasteiger partial charge in [0.1, 0.15) is 0 Å². The lowest BCUT2D eigenvalue weighted by Crippen LogP contribution is -2.42. The van der Waals surface area contributed by atoms with Crippen LogP contribution in [0, 0.1) is 12.8 Å². The Balaban J connectivity index is 2.36. The van der Waals surface area contributed by atoms with Gasteiger partial charge in [0.2, 0.25) is 5.91 Å². The Morgan fingerprint density at radius 3 is 2.62 bits per heavy atom. The number of urea groups is 1. The molecule has 1 aromatic carbocycles. The molecule has 0 aliphatic rings. The Morgan fingerprint density at radius 1 is 1.31 bits per heavy atom. The maximum atomic E-state index is 12.3. The highest BCUT2D eigenvalue weighted by atomic mass is 32.2. The predicted octanol–water partition coefficient (Wildman–Crippen LogP) is 2.98. The van der Waals surface area contributed by atoms with Crippen LogP contribution in [0.2, 0.25) is 0 Å². The van der Waals surface area contributed by atoms with Crippen molar-refractivity contribution >= 4 is 23.7 Å². The lowest BCUT2D eigenvalue weighted by Gasteiger charge is -2.19. The van der Waals surface area contributed by atoms with Crippen molar-refractivity contribution in [2.75, 3.05) is 0 Å². The first-order valence-electron chi connectivity index (χ1n) is 8.60. The normalized spacial score (nSPS) is 12.2. The van der Waals surface area contributed by atoms with E-state index in [4.69, 9.17) is 5.73 Å². The van der Waals surface area contributed by atoms with E-state index in [1.54, 1.807) is 0 Å². The fourth-order valence-electron chi connectivity index (χ4n) is 2.60. The number of thioether (sulfide) groups is 1. The Hall–Kier alpha value is -2.35. The average molecular weight is 375 g/mol. The van der Waals surface area contributed by atoms with Crippen molar-refractivity contribution in [1.82, 2.24) is 20.1 Å². The molecule has 0 saturated heterocycles. The Bertz CT molecular complexity index is 788. The Kier molecular flexibility index (Phi) is 6.79. The second kappa shape index (κ2) is 8.84. The topological polar surface area (TPSA) is 103 Å². The molecule has 3 N–H and O–H groups in total. The van der Waals surface area contributed by atoms with Crippen molar-refractivity contribution in [3.63, 3.8) is 0 Å². The number of hydrogen-bond donors (Lipinski definition) is 2. The van der Waals surface area contributed by atoms with E-state index in [0.29, 0.717) is 5.16 Å². The number of carbonyl (C=O) groups excluding carboxylic acids is 2. The van der Waals surface area contributed by atoms with E-state index >= 15 is 0 Å². The highest BCUT2D eigenvalue weighted by Crippen LogP contribution is 2.30. The van der Waals surface area contributed by atoms with E-state index in [9.17, 15) is 9.59 Å². The molecule has 0 unspecified atom stereocenters. The maximum absolute atomic E-state index is 12.3. The zero-order valence-electron chi connectivity index (χ0n) is 15.5. The number of carbonyl (C=O) groups is 2. The van der Waals surface area contributed by atoms with Crippen LogP contribution in [0.1, 0.15) is 32.8 Å². The van der Waals surface area contributed by atoms with E-state index in [1.165, 1.54) is 11.8 Å². The van der Waals surface area contributed by atoms with Crippen LogP contribution in [0.5, 0.6) is 0 Å². The van der Waals surface area contributed by atoms with Crippen LogP contribution in [-0.2, 0) is 11.3 Å². The van der Waals surface area contributed by atoms with Crippen LogP contribution < -0.4 is 11.1 Å². The highest BCUT2D eigenvalue weighted by Gasteiger charge is 2.27. The summed E-state index contributed by atoms with van der Waals surface area (Å²) in [6, 6.07) is 7.22. The van der Waals surface area contributed by atoms with Crippen molar-refractivity contribution in [1.29, 1.82) is 0 Å². The highest BCUT2D eigenvalue weighted by molar-refractivity contribution is 8.00. The number of nitrogens with one attached hydrogen (secondary N) is 1. The molecule has 2 rings (SSSR count). The lowest BCUT2D eigenvalue weighted by atomic mass is 10.1. The van der Waals surface area contributed by atoms with Crippen LogP contribution in [0.4, 0.5) is 4.79 Å². The number of nitrogens with two attached hydrogens (primary N) is 1. The minimum Gasteiger partial charge on any atom is -0.351 e. The molecule has 7 nitrogen and oxygen atoms in total. The first-order valence-corrected chi connectivity index (χ1v) is 9.48. The first-order chi connectivity index (χ1) is 12.3. The largest absolute Gasteiger partial charge is 0.351 e. The molecule has 1 aromatic heterocycles. The number of hydrogen-bond acceptors (Lipinski definition) is 5. The molecule has 0 fully saturated rings. The van der Waals surface area contributed by atoms with Crippen LogP contribution in [0.15, 0.2) is 29.4 Å². The first kappa shape index (κ1) is 20.0. The molecule has 2 aromatic rings. The average Bonchev–Trinajstić information content (AvgIpc) is 2.94. The summed E-state index contributed by atoms with van der Waals surface area (Å²) >= 11 is 1.30. The Labute approximate surface area is 157 Å². The third-order valence-electron chi connectivity index (χ3n) is 3.78. The van der Waals surface area contributed by atoms with Crippen LogP contribution >= 0.6 is 11.8 Å². The fraction of sp³-hybridized carbons (Fsp3) is 0.444. The zero-order valence-corrected chi connectivity index (χ0v) is 16.3. The molecule has 0 spiro atoms. The van der Waals surface area contributed by atoms with Gasteiger partial charge in [-0.05, 0) is 25.3 Å². The van der Waals surface area contributed by atoms with Gasteiger partial charge < -0.3 is 10.3 Å². The van der Waals surface area contributed by atoms with Gasteiger partial charge in [-0.2, -0.15) is 0 Å². The maximum Gasteiger partial charge on any atom is 0.318 e. The van der Waals surface area contributed by atoms with Gasteiger partial charge >= 0.3 is 6.03 Å². The van der Waals surface area contributed by atoms with Crippen LogP contribution in [0.3, 0.4) is 0 Å². The van der Waals surface area contributed by atoms with Crippen molar-refractivity contribution in [2.24, 2.45) is 11.7 Å². The summed E-state index contributed by atoms with van der Waals surface area (Å²) in [6.45, 7) is 8.68. The number of imide groups is 1. The van der Waals surface area contributed by atoms with E-state index in [1.807, 2.05) is 43.5 Å². The van der Waals surface area contributed by atoms with Gasteiger partial charge in [0.25, 0.3) is 0 Å².